The van der Waals surface area contributed by atoms with E-state index < -0.39 is 19.9 Å². The summed E-state index contributed by atoms with van der Waals surface area (Å²) >= 11 is 0. The predicted molar refractivity (Wildman–Crippen MR) is 83.5 cm³/mol. The van der Waals surface area contributed by atoms with Crippen LogP contribution in [0.25, 0.3) is 0 Å². The summed E-state index contributed by atoms with van der Waals surface area (Å²) in [5, 5.41) is 3.18. The first-order valence-corrected chi connectivity index (χ1v) is 11.2. The molecule has 1 saturated carbocycles. The fraction of sp³-hybridized carbons (Fsp3) is 1.00. The number of sulfonamides is 1. The number of rotatable bonds is 5. The van der Waals surface area contributed by atoms with Crippen molar-refractivity contribution in [1.29, 1.82) is 0 Å². The first-order valence-electron chi connectivity index (χ1n) is 7.67. The van der Waals surface area contributed by atoms with Crippen molar-refractivity contribution in [2.45, 2.75) is 56.4 Å². The van der Waals surface area contributed by atoms with Gasteiger partial charge in [-0.3, -0.25) is 0 Å². The molecule has 2 rings (SSSR count). The first kappa shape index (κ1) is 17.2. The van der Waals surface area contributed by atoms with Crippen molar-refractivity contribution in [2.75, 3.05) is 25.1 Å². The Hall–Kier alpha value is -0.180. The molecule has 0 aromatic rings. The number of piperidine rings is 1. The van der Waals surface area contributed by atoms with E-state index in [1.54, 1.807) is 11.2 Å². The molecule has 21 heavy (non-hydrogen) atoms. The Morgan fingerprint density at radius 3 is 2.19 bits per heavy atom. The Morgan fingerprint density at radius 2 is 1.67 bits per heavy atom. The molecule has 0 bridgehead atoms. The van der Waals surface area contributed by atoms with Gasteiger partial charge in [0.25, 0.3) is 0 Å². The molecule has 2 atom stereocenters. The predicted octanol–water partition coefficient (Wildman–Crippen LogP) is 0.356. The van der Waals surface area contributed by atoms with Gasteiger partial charge in [0.1, 0.15) is 0 Å². The topological polar surface area (TPSA) is 83.6 Å². The van der Waals surface area contributed by atoms with E-state index in [-0.39, 0.29) is 23.1 Å². The normalized spacial score (nSPS) is 29.8. The number of nitrogens with one attached hydrogen (secondary N) is 1. The minimum absolute atomic E-state index is 0.0272. The molecule has 1 saturated heterocycles. The zero-order valence-electron chi connectivity index (χ0n) is 12.8. The van der Waals surface area contributed by atoms with Gasteiger partial charge in [0.15, 0.2) is 9.84 Å². The molecule has 0 aromatic carbocycles. The Kier molecular flexibility index (Phi) is 5.33. The van der Waals surface area contributed by atoms with Crippen LogP contribution in [0.3, 0.4) is 0 Å². The van der Waals surface area contributed by atoms with E-state index in [4.69, 9.17) is 0 Å². The average Bonchev–Trinajstić information content (AvgIpc) is 2.87. The summed E-state index contributed by atoms with van der Waals surface area (Å²) < 4.78 is 48.7. The summed E-state index contributed by atoms with van der Waals surface area (Å²) in [5.41, 5.74) is 0. The minimum Gasteiger partial charge on any atom is -0.310 e. The molecular formula is C13H26N2O4S2. The van der Waals surface area contributed by atoms with E-state index in [2.05, 4.69) is 5.32 Å². The first-order chi connectivity index (χ1) is 9.74. The number of sulfone groups is 1. The molecule has 0 aromatic heterocycles. The maximum absolute atomic E-state index is 11.8. The Balaban J connectivity index is 1.89. The van der Waals surface area contributed by atoms with E-state index in [1.807, 2.05) is 0 Å². The standard InChI is InChI=1S/C13H26N2O4S2/c1-3-21(18,19)15-9-7-11(8-10-15)14-12-5-4-6-13(12)20(2,16)17/h11-14H,3-10H2,1-2H3. The Bertz CT molecular complexity index is 551. The smallest absolute Gasteiger partial charge is 0.213 e. The van der Waals surface area contributed by atoms with Gasteiger partial charge < -0.3 is 5.32 Å². The van der Waals surface area contributed by atoms with Crippen molar-refractivity contribution in [3.05, 3.63) is 0 Å². The van der Waals surface area contributed by atoms with Gasteiger partial charge in [-0.25, -0.2) is 21.1 Å². The summed E-state index contributed by atoms with van der Waals surface area (Å²) in [4.78, 5) is 0. The summed E-state index contributed by atoms with van der Waals surface area (Å²) in [6, 6.07) is 0.250. The fourth-order valence-corrected chi connectivity index (χ4v) is 5.95. The highest BCUT2D eigenvalue weighted by atomic mass is 32.2. The Labute approximate surface area is 128 Å². The molecule has 1 aliphatic carbocycles. The van der Waals surface area contributed by atoms with Gasteiger partial charge in [-0.1, -0.05) is 6.42 Å². The van der Waals surface area contributed by atoms with Gasteiger partial charge in [0.05, 0.1) is 11.0 Å². The molecule has 2 fully saturated rings. The van der Waals surface area contributed by atoms with Crippen molar-refractivity contribution >= 4 is 19.9 Å². The molecule has 1 heterocycles. The van der Waals surface area contributed by atoms with Crippen LogP contribution in [0.2, 0.25) is 0 Å². The SMILES string of the molecule is CCS(=O)(=O)N1CCC(NC2CCCC2S(C)(=O)=O)CC1. The van der Waals surface area contributed by atoms with Gasteiger partial charge in [0.2, 0.25) is 10.0 Å². The van der Waals surface area contributed by atoms with Crippen molar-refractivity contribution in [3.63, 3.8) is 0 Å². The second-order valence-corrected chi connectivity index (χ2v) is 10.7. The average molecular weight is 338 g/mol. The zero-order chi connectivity index (χ0) is 15.7. The lowest BCUT2D eigenvalue weighted by atomic mass is 10.0. The highest BCUT2D eigenvalue weighted by molar-refractivity contribution is 7.91. The monoisotopic (exact) mass is 338 g/mol. The van der Waals surface area contributed by atoms with Gasteiger partial charge in [-0.2, -0.15) is 0 Å². The van der Waals surface area contributed by atoms with E-state index in [0.29, 0.717) is 13.1 Å². The summed E-state index contributed by atoms with van der Waals surface area (Å²) in [7, 11) is -6.11. The van der Waals surface area contributed by atoms with Gasteiger partial charge >= 0.3 is 0 Å². The van der Waals surface area contributed by atoms with Gasteiger partial charge in [0, 0.05) is 31.4 Å². The molecule has 8 heteroatoms. The third kappa shape index (κ3) is 4.18. The molecule has 1 aliphatic heterocycles. The lowest BCUT2D eigenvalue weighted by molar-refractivity contribution is 0.273. The molecule has 2 unspecified atom stereocenters. The van der Waals surface area contributed by atoms with Crippen LogP contribution in [-0.2, 0) is 19.9 Å². The van der Waals surface area contributed by atoms with Crippen molar-refractivity contribution in [2.24, 2.45) is 0 Å². The number of hydrogen-bond acceptors (Lipinski definition) is 5. The van der Waals surface area contributed by atoms with E-state index in [1.165, 1.54) is 6.26 Å². The highest BCUT2D eigenvalue weighted by Crippen LogP contribution is 2.26. The van der Waals surface area contributed by atoms with Gasteiger partial charge in [-0.05, 0) is 32.6 Å². The molecule has 2 aliphatic rings. The van der Waals surface area contributed by atoms with Gasteiger partial charge in [-0.15, -0.1) is 0 Å². The van der Waals surface area contributed by atoms with Crippen LogP contribution in [0.5, 0.6) is 0 Å². The quantitative estimate of drug-likeness (QED) is 0.782. The number of hydrogen-bond donors (Lipinski definition) is 1. The maximum atomic E-state index is 11.8. The highest BCUT2D eigenvalue weighted by Gasteiger charge is 2.36. The molecule has 124 valence electrons. The van der Waals surface area contributed by atoms with Crippen molar-refractivity contribution in [1.82, 2.24) is 9.62 Å². The molecule has 1 N–H and O–H groups in total. The molecule has 0 spiro atoms. The van der Waals surface area contributed by atoms with Crippen LogP contribution < -0.4 is 5.32 Å². The second kappa shape index (κ2) is 6.52. The van der Waals surface area contributed by atoms with Crippen LogP contribution in [0, 0.1) is 0 Å². The van der Waals surface area contributed by atoms with Crippen molar-refractivity contribution in [3.8, 4) is 0 Å². The minimum atomic E-state index is -3.10. The zero-order valence-corrected chi connectivity index (χ0v) is 14.4. The van der Waals surface area contributed by atoms with E-state index in [9.17, 15) is 16.8 Å². The summed E-state index contributed by atoms with van der Waals surface area (Å²) in [5.74, 6) is 0.143. The third-order valence-corrected chi connectivity index (χ3v) is 8.21. The molecule has 0 amide bonds. The lowest BCUT2D eigenvalue weighted by Crippen LogP contribution is -2.50. The van der Waals surface area contributed by atoms with Crippen LogP contribution in [0.1, 0.15) is 39.0 Å². The maximum Gasteiger partial charge on any atom is 0.213 e. The van der Waals surface area contributed by atoms with Crippen LogP contribution in [0.4, 0.5) is 0 Å². The lowest BCUT2D eigenvalue weighted by Gasteiger charge is -2.34. The molecule has 0 radical (unpaired) electrons. The van der Waals surface area contributed by atoms with Crippen LogP contribution in [0.15, 0.2) is 0 Å². The Morgan fingerprint density at radius 1 is 1.05 bits per heavy atom. The third-order valence-electron chi connectivity index (χ3n) is 4.66. The van der Waals surface area contributed by atoms with E-state index >= 15 is 0 Å². The van der Waals surface area contributed by atoms with Crippen LogP contribution in [-0.4, -0.2) is 63.6 Å². The summed E-state index contributed by atoms with van der Waals surface area (Å²) in [6.07, 6.45) is 5.40. The molecular weight excluding hydrogens is 312 g/mol. The molecule has 6 nitrogen and oxygen atoms in total. The van der Waals surface area contributed by atoms with E-state index in [0.717, 1.165) is 32.1 Å². The second-order valence-electron chi connectivity index (χ2n) is 6.15. The van der Waals surface area contributed by atoms with Crippen molar-refractivity contribution < 1.29 is 16.8 Å². The largest absolute Gasteiger partial charge is 0.310 e. The van der Waals surface area contributed by atoms with Crippen LogP contribution >= 0.6 is 0 Å². The summed E-state index contributed by atoms with van der Waals surface area (Å²) in [6.45, 7) is 2.73. The number of nitrogens with zero attached hydrogens (tertiary/aromatic N) is 1. The fourth-order valence-electron chi connectivity index (χ4n) is 3.42.